The number of nitrogens with zero attached hydrogens (tertiary/aromatic N) is 3. The van der Waals surface area contributed by atoms with Crippen LogP contribution >= 0.6 is 0 Å². The summed E-state index contributed by atoms with van der Waals surface area (Å²) in [6.45, 7) is 1.91. The number of amides is 1. The second-order valence-electron chi connectivity index (χ2n) is 6.40. The minimum absolute atomic E-state index is 0.0929. The topological polar surface area (TPSA) is 92.3 Å². The third-order valence-electron chi connectivity index (χ3n) is 3.93. The first kappa shape index (κ1) is 18.1. The Labute approximate surface area is 152 Å². The van der Waals surface area contributed by atoms with Crippen molar-refractivity contribution in [3.05, 3.63) is 53.1 Å². The van der Waals surface area contributed by atoms with E-state index in [1.165, 1.54) is 6.08 Å². The van der Waals surface area contributed by atoms with Gasteiger partial charge in [0.15, 0.2) is 9.84 Å². The highest BCUT2D eigenvalue weighted by atomic mass is 32.2. The Morgan fingerprint density at radius 1 is 1.19 bits per heavy atom. The zero-order valence-corrected chi connectivity index (χ0v) is 15.6. The van der Waals surface area contributed by atoms with Crippen LogP contribution in [0.15, 0.2) is 41.8 Å². The number of aromatic nitrogens is 2. The largest absolute Gasteiger partial charge is 0.347 e. The number of carbonyl (C=O) groups excluding carboxylic acids is 1. The van der Waals surface area contributed by atoms with Crippen molar-refractivity contribution in [2.45, 2.75) is 13.0 Å². The van der Waals surface area contributed by atoms with Crippen LogP contribution in [-0.4, -0.2) is 50.2 Å². The third kappa shape index (κ3) is 4.08. The molecule has 1 aliphatic rings. The van der Waals surface area contributed by atoms with E-state index >= 15 is 0 Å². The van der Waals surface area contributed by atoms with E-state index < -0.39 is 15.9 Å². The van der Waals surface area contributed by atoms with Gasteiger partial charge in [0.1, 0.15) is 0 Å². The van der Waals surface area contributed by atoms with E-state index in [1.807, 2.05) is 44.1 Å². The zero-order chi connectivity index (χ0) is 18.9. The molecule has 1 atom stereocenters. The Bertz CT molecular complexity index is 966. The molecule has 3 rings (SSSR count). The Hall–Kier alpha value is -2.74. The van der Waals surface area contributed by atoms with Crippen LogP contribution in [0.2, 0.25) is 0 Å². The Morgan fingerprint density at radius 2 is 1.88 bits per heavy atom. The number of carbonyl (C=O) groups is 1. The van der Waals surface area contributed by atoms with Crippen LogP contribution in [0.3, 0.4) is 0 Å². The van der Waals surface area contributed by atoms with E-state index in [2.05, 4.69) is 15.3 Å². The molecule has 2 heterocycles. The average molecular weight is 372 g/mol. The van der Waals surface area contributed by atoms with Gasteiger partial charge in [-0.3, -0.25) is 4.79 Å². The van der Waals surface area contributed by atoms with E-state index in [0.29, 0.717) is 11.5 Å². The lowest BCUT2D eigenvalue weighted by atomic mass is 10.1. The molecule has 8 heteroatoms. The van der Waals surface area contributed by atoms with Gasteiger partial charge in [0, 0.05) is 36.3 Å². The molecule has 2 aromatic rings. The molecule has 7 nitrogen and oxygen atoms in total. The molecule has 0 bridgehead atoms. The SMILES string of the molecule is Cc1cc(-c2ccc(C(=O)NC3C=CS(=O)(=O)C3)cc2)nc(N(C)C)n1. The third-order valence-corrected chi connectivity index (χ3v) is 5.33. The fraction of sp³-hybridized carbons (Fsp3) is 0.278. The number of rotatable bonds is 4. The molecule has 0 radical (unpaired) electrons. The molecule has 0 saturated carbocycles. The first-order valence-corrected chi connectivity index (χ1v) is 9.80. The summed E-state index contributed by atoms with van der Waals surface area (Å²) in [5, 5.41) is 3.85. The number of hydrogen-bond donors (Lipinski definition) is 1. The van der Waals surface area contributed by atoms with Crippen LogP contribution in [0.5, 0.6) is 0 Å². The number of nitrogens with one attached hydrogen (secondary N) is 1. The van der Waals surface area contributed by atoms with Crippen molar-refractivity contribution in [1.82, 2.24) is 15.3 Å². The molecular formula is C18H20N4O3S. The Kier molecular flexibility index (Phi) is 4.78. The number of aryl methyl sites for hydroxylation is 1. The molecule has 26 heavy (non-hydrogen) atoms. The molecular weight excluding hydrogens is 352 g/mol. The number of benzene rings is 1. The Morgan fingerprint density at radius 3 is 2.46 bits per heavy atom. The summed E-state index contributed by atoms with van der Waals surface area (Å²) >= 11 is 0. The van der Waals surface area contributed by atoms with Gasteiger partial charge in [0.25, 0.3) is 5.91 Å². The summed E-state index contributed by atoms with van der Waals surface area (Å²) < 4.78 is 22.8. The summed E-state index contributed by atoms with van der Waals surface area (Å²) in [6.07, 6.45) is 1.49. The highest BCUT2D eigenvalue weighted by molar-refractivity contribution is 7.94. The van der Waals surface area contributed by atoms with E-state index in [9.17, 15) is 13.2 Å². The molecule has 1 aromatic heterocycles. The van der Waals surface area contributed by atoms with E-state index in [0.717, 1.165) is 22.4 Å². The molecule has 0 saturated heterocycles. The first-order valence-electron chi connectivity index (χ1n) is 8.09. The van der Waals surface area contributed by atoms with Gasteiger partial charge < -0.3 is 10.2 Å². The van der Waals surface area contributed by atoms with Crippen molar-refractivity contribution in [2.75, 3.05) is 24.7 Å². The molecule has 1 N–H and O–H groups in total. The summed E-state index contributed by atoms with van der Waals surface area (Å²) in [6, 6.07) is 8.43. The van der Waals surface area contributed by atoms with Crippen LogP contribution in [0.25, 0.3) is 11.3 Å². The van der Waals surface area contributed by atoms with Gasteiger partial charge in [-0.25, -0.2) is 18.4 Å². The standard InChI is InChI=1S/C18H20N4O3S/c1-12-10-16(21-18(19-12)22(2)3)13-4-6-14(7-5-13)17(23)20-15-8-9-26(24,25)11-15/h4-10,15H,11H2,1-3H3,(H,20,23). The van der Waals surface area contributed by atoms with Gasteiger partial charge in [0.05, 0.1) is 17.5 Å². The number of sulfone groups is 1. The highest BCUT2D eigenvalue weighted by Crippen LogP contribution is 2.21. The molecule has 0 fully saturated rings. The molecule has 0 spiro atoms. The lowest BCUT2D eigenvalue weighted by Crippen LogP contribution is -2.35. The second-order valence-corrected chi connectivity index (χ2v) is 8.34. The van der Waals surface area contributed by atoms with Gasteiger partial charge in [-0.2, -0.15) is 0 Å². The minimum Gasteiger partial charge on any atom is -0.347 e. The van der Waals surface area contributed by atoms with Crippen LogP contribution in [0.4, 0.5) is 5.95 Å². The zero-order valence-electron chi connectivity index (χ0n) is 14.8. The lowest BCUT2D eigenvalue weighted by molar-refractivity contribution is 0.0947. The fourth-order valence-electron chi connectivity index (χ4n) is 2.61. The van der Waals surface area contributed by atoms with Crippen LogP contribution in [0, 0.1) is 6.92 Å². The maximum atomic E-state index is 12.3. The Balaban J connectivity index is 1.76. The molecule has 0 aliphatic carbocycles. The first-order chi connectivity index (χ1) is 12.2. The predicted octanol–water partition coefficient (Wildman–Crippen LogP) is 1.56. The van der Waals surface area contributed by atoms with Crippen molar-refractivity contribution < 1.29 is 13.2 Å². The van der Waals surface area contributed by atoms with E-state index in [1.54, 1.807) is 12.1 Å². The molecule has 1 aromatic carbocycles. The van der Waals surface area contributed by atoms with Crippen molar-refractivity contribution in [3.8, 4) is 11.3 Å². The van der Waals surface area contributed by atoms with Crippen LogP contribution < -0.4 is 10.2 Å². The van der Waals surface area contributed by atoms with Crippen LogP contribution in [0.1, 0.15) is 16.1 Å². The molecule has 1 unspecified atom stereocenters. The second kappa shape index (κ2) is 6.87. The lowest BCUT2D eigenvalue weighted by Gasteiger charge is -2.13. The van der Waals surface area contributed by atoms with E-state index in [4.69, 9.17) is 0 Å². The monoisotopic (exact) mass is 372 g/mol. The maximum Gasteiger partial charge on any atom is 0.251 e. The van der Waals surface area contributed by atoms with Crippen molar-refractivity contribution in [3.63, 3.8) is 0 Å². The van der Waals surface area contributed by atoms with Crippen molar-refractivity contribution in [1.29, 1.82) is 0 Å². The summed E-state index contributed by atoms with van der Waals surface area (Å²) in [7, 11) is 0.563. The van der Waals surface area contributed by atoms with Crippen LogP contribution in [-0.2, 0) is 9.84 Å². The van der Waals surface area contributed by atoms with Gasteiger partial charge in [-0.05, 0) is 31.2 Å². The smallest absolute Gasteiger partial charge is 0.251 e. The van der Waals surface area contributed by atoms with E-state index in [-0.39, 0.29) is 11.7 Å². The number of hydrogen-bond acceptors (Lipinski definition) is 6. The minimum atomic E-state index is -3.19. The summed E-state index contributed by atoms with van der Waals surface area (Å²) in [5.74, 6) is 0.219. The molecule has 136 valence electrons. The average Bonchev–Trinajstić information content (AvgIpc) is 2.93. The summed E-state index contributed by atoms with van der Waals surface area (Å²) in [4.78, 5) is 23.0. The fourth-order valence-corrected chi connectivity index (χ4v) is 3.85. The van der Waals surface area contributed by atoms with Gasteiger partial charge in [-0.1, -0.05) is 12.1 Å². The quantitative estimate of drug-likeness (QED) is 0.876. The van der Waals surface area contributed by atoms with Gasteiger partial charge in [-0.15, -0.1) is 0 Å². The van der Waals surface area contributed by atoms with Crippen molar-refractivity contribution >= 4 is 21.7 Å². The van der Waals surface area contributed by atoms with Gasteiger partial charge in [0.2, 0.25) is 5.95 Å². The normalized spacial score (nSPS) is 17.9. The van der Waals surface area contributed by atoms with Crippen molar-refractivity contribution in [2.24, 2.45) is 0 Å². The highest BCUT2D eigenvalue weighted by Gasteiger charge is 2.23. The maximum absolute atomic E-state index is 12.3. The predicted molar refractivity (Wildman–Crippen MR) is 101 cm³/mol. The molecule has 1 amide bonds. The van der Waals surface area contributed by atoms with Gasteiger partial charge >= 0.3 is 0 Å². The molecule has 1 aliphatic heterocycles. The number of anilines is 1. The summed E-state index contributed by atoms with van der Waals surface area (Å²) in [5.41, 5.74) is 2.97.